The Morgan fingerprint density at radius 2 is 1.78 bits per heavy atom. The standard InChI is InChI=1S/C15H12F2N2O4/c1-22-14(21)11-7-4-6-10(18-11)13(20)19-9-5-2-3-8-12(9)23-15(16)17/h2-8,15H,1H3,(H,19,20). The van der Waals surface area contributed by atoms with Crippen LogP contribution in [0.3, 0.4) is 0 Å². The molecule has 0 spiro atoms. The van der Waals surface area contributed by atoms with E-state index < -0.39 is 18.5 Å². The number of carbonyl (C=O) groups excluding carboxylic acids is 2. The molecule has 1 heterocycles. The summed E-state index contributed by atoms with van der Waals surface area (Å²) < 4.78 is 33.5. The van der Waals surface area contributed by atoms with Crippen molar-refractivity contribution in [1.82, 2.24) is 4.98 Å². The van der Waals surface area contributed by atoms with Gasteiger partial charge in [-0.15, -0.1) is 0 Å². The van der Waals surface area contributed by atoms with Crippen LogP contribution in [-0.4, -0.2) is 30.6 Å². The number of anilines is 1. The Bertz CT molecular complexity index is 722. The maximum Gasteiger partial charge on any atom is 0.387 e. The highest BCUT2D eigenvalue weighted by Crippen LogP contribution is 2.25. The molecule has 120 valence electrons. The Balaban J connectivity index is 2.21. The van der Waals surface area contributed by atoms with Crippen molar-refractivity contribution in [3.05, 3.63) is 53.9 Å². The number of pyridine rings is 1. The van der Waals surface area contributed by atoms with E-state index in [9.17, 15) is 18.4 Å². The summed E-state index contributed by atoms with van der Waals surface area (Å²) >= 11 is 0. The molecule has 0 bridgehead atoms. The van der Waals surface area contributed by atoms with E-state index in [1.165, 1.54) is 43.5 Å². The molecule has 0 unspecified atom stereocenters. The van der Waals surface area contributed by atoms with Crippen molar-refractivity contribution in [2.75, 3.05) is 12.4 Å². The average molecular weight is 322 g/mol. The fraction of sp³-hybridized carbons (Fsp3) is 0.133. The predicted octanol–water partition coefficient (Wildman–Crippen LogP) is 2.72. The largest absolute Gasteiger partial charge is 0.464 e. The van der Waals surface area contributed by atoms with E-state index in [1.807, 2.05) is 0 Å². The van der Waals surface area contributed by atoms with Crippen molar-refractivity contribution in [1.29, 1.82) is 0 Å². The molecule has 2 rings (SSSR count). The van der Waals surface area contributed by atoms with Gasteiger partial charge in [0.1, 0.15) is 17.1 Å². The molecule has 8 heteroatoms. The lowest BCUT2D eigenvalue weighted by Gasteiger charge is -2.11. The fourth-order valence-corrected chi connectivity index (χ4v) is 1.73. The number of hydrogen-bond acceptors (Lipinski definition) is 5. The fourth-order valence-electron chi connectivity index (χ4n) is 1.73. The van der Waals surface area contributed by atoms with Crippen molar-refractivity contribution in [2.45, 2.75) is 6.61 Å². The molecule has 6 nitrogen and oxygen atoms in total. The van der Waals surface area contributed by atoms with Gasteiger partial charge in [-0.1, -0.05) is 18.2 Å². The normalized spacial score (nSPS) is 10.3. The summed E-state index contributed by atoms with van der Waals surface area (Å²) in [6.07, 6.45) is 0. The van der Waals surface area contributed by atoms with Gasteiger partial charge < -0.3 is 14.8 Å². The topological polar surface area (TPSA) is 77.5 Å². The number of methoxy groups -OCH3 is 1. The minimum atomic E-state index is -3.02. The van der Waals surface area contributed by atoms with Crippen LogP contribution in [0.5, 0.6) is 5.75 Å². The quantitative estimate of drug-likeness (QED) is 0.857. The van der Waals surface area contributed by atoms with E-state index in [-0.39, 0.29) is 22.8 Å². The third kappa shape index (κ3) is 4.22. The van der Waals surface area contributed by atoms with Gasteiger partial charge in [0.2, 0.25) is 0 Å². The van der Waals surface area contributed by atoms with Crippen LogP contribution in [0.1, 0.15) is 21.0 Å². The summed E-state index contributed by atoms with van der Waals surface area (Å²) in [5.74, 6) is -1.55. The second-order valence-corrected chi connectivity index (χ2v) is 4.23. The molecule has 0 aliphatic heterocycles. The summed E-state index contributed by atoms with van der Waals surface area (Å²) in [6, 6.07) is 9.94. The molecule has 1 amide bonds. The molecule has 0 aliphatic carbocycles. The summed E-state index contributed by atoms with van der Waals surface area (Å²) in [4.78, 5) is 27.4. The van der Waals surface area contributed by atoms with Gasteiger partial charge in [-0.25, -0.2) is 9.78 Å². The minimum Gasteiger partial charge on any atom is -0.464 e. The van der Waals surface area contributed by atoms with Crippen molar-refractivity contribution < 1.29 is 27.8 Å². The SMILES string of the molecule is COC(=O)c1cccc(C(=O)Nc2ccccc2OC(F)F)n1. The van der Waals surface area contributed by atoms with E-state index in [0.717, 1.165) is 0 Å². The molecule has 0 saturated carbocycles. The second-order valence-electron chi connectivity index (χ2n) is 4.23. The number of alkyl halides is 2. The number of nitrogens with zero attached hydrogens (tertiary/aromatic N) is 1. The lowest BCUT2D eigenvalue weighted by molar-refractivity contribution is -0.0493. The van der Waals surface area contributed by atoms with Gasteiger partial charge in [-0.2, -0.15) is 8.78 Å². The molecule has 2 aromatic rings. The molecular weight excluding hydrogens is 310 g/mol. The maximum absolute atomic E-state index is 12.3. The monoisotopic (exact) mass is 322 g/mol. The van der Waals surface area contributed by atoms with E-state index in [4.69, 9.17) is 0 Å². The Kier molecular flexibility index (Phi) is 5.19. The summed E-state index contributed by atoms with van der Waals surface area (Å²) in [7, 11) is 1.19. The molecule has 0 fully saturated rings. The van der Waals surface area contributed by atoms with Crippen LogP contribution >= 0.6 is 0 Å². The molecule has 1 aromatic carbocycles. The van der Waals surface area contributed by atoms with Crippen LogP contribution in [0.2, 0.25) is 0 Å². The summed E-state index contributed by atoms with van der Waals surface area (Å²) in [6.45, 7) is -3.02. The van der Waals surface area contributed by atoms with Gasteiger partial charge in [0.05, 0.1) is 12.8 Å². The second kappa shape index (κ2) is 7.30. The number of nitrogens with one attached hydrogen (secondary N) is 1. The molecule has 23 heavy (non-hydrogen) atoms. The number of benzene rings is 1. The Morgan fingerprint density at radius 1 is 1.09 bits per heavy atom. The number of hydrogen-bond donors (Lipinski definition) is 1. The first-order valence-electron chi connectivity index (χ1n) is 6.42. The van der Waals surface area contributed by atoms with Crippen molar-refractivity contribution >= 4 is 17.6 Å². The number of aromatic nitrogens is 1. The number of ether oxygens (including phenoxy) is 2. The first-order valence-corrected chi connectivity index (χ1v) is 6.42. The molecule has 0 atom stereocenters. The third-order valence-corrected chi connectivity index (χ3v) is 2.73. The van der Waals surface area contributed by atoms with E-state index in [0.29, 0.717) is 0 Å². The highest BCUT2D eigenvalue weighted by molar-refractivity contribution is 6.04. The molecule has 1 N–H and O–H groups in total. The number of amides is 1. The smallest absolute Gasteiger partial charge is 0.387 e. The van der Waals surface area contributed by atoms with Crippen molar-refractivity contribution in [3.8, 4) is 5.75 Å². The lowest BCUT2D eigenvalue weighted by Crippen LogP contribution is -2.17. The Labute approximate surface area is 130 Å². The van der Waals surface area contributed by atoms with Gasteiger partial charge in [-0.3, -0.25) is 4.79 Å². The van der Waals surface area contributed by atoms with Crippen LogP contribution in [0.25, 0.3) is 0 Å². The highest BCUT2D eigenvalue weighted by atomic mass is 19.3. The van der Waals surface area contributed by atoms with Crippen LogP contribution < -0.4 is 10.1 Å². The van der Waals surface area contributed by atoms with E-state index in [1.54, 1.807) is 6.07 Å². The first-order chi connectivity index (χ1) is 11.0. The van der Waals surface area contributed by atoms with Crippen LogP contribution in [-0.2, 0) is 4.74 Å². The average Bonchev–Trinajstić information content (AvgIpc) is 2.55. The van der Waals surface area contributed by atoms with Gasteiger partial charge in [0.15, 0.2) is 0 Å². The molecule has 0 aliphatic rings. The zero-order valence-corrected chi connectivity index (χ0v) is 12.0. The van der Waals surface area contributed by atoms with Crippen LogP contribution in [0.15, 0.2) is 42.5 Å². The molecule has 1 aromatic heterocycles. The maximum atomic E-state index is 12.3. The number of para-hydroxylation sites is 2. The number of esters is 1. The molecule has 0 saturated heterocycles. The van der Waals surface area contributed by atoms with Gasteiger partial charge >= 0.3 is 12.6 Å². The first kappa shape index (κ1) is 16.3. The highest BCUT2D eigenvalue weighted by Gasteiger charge is 2.15. The zero-order chi connectivity index (χ0) is 16.8. The third-order valence-electron chi connectivity index (χ3n) is 2.73. The minimum absolute atomic E-state index is 0.0442. The van der Waals surface area contributed by atoms with Crippen molar-refractivity contribution in [2.24, 2.45) is 0 Å². The Hall–Kier alpha value is -3.03. The summed E-state index contributed by atoms with van der Waals surface area (Å²) in [5, 5.41) is 2.40. The number of carbonyl (C=O) groups is 2. The zero-order valence-electron chi connectivity index (χ0n) is 12.0. The summed E-state index contributed by atoms with van der Waals surface area (Å²) in [5.41, 5.74) is -0.0555. The lowest BCUT2D eigenvalue weighted by atomic mass is 10.2. The Morgan fingerprint density at radius 3 is 2.48 bits per heavy atom. The van der Waals surface area contributed by atoms with Crippen LogP contribution in [0.4, 0.5) is 14.5 Å². The van der Waals surface area contributed by atoms with Gasteiger partial charge in [0.25, 0.3) is 5.91 Å². The molecule has 0 radical (unpaired) electrons. The van der Waals surface area contributed by atoms with E-state index in [2.05, 4.69) is 19.8 Å². The van der Waals surface area contributed by atoms with E-state index >= 15 is 0 Å². The van der Waals surface area contributed by atoms with Crippen LogP contribution in [0, 0.1) is 0 Å². The molecular formula is C15H12F2N2O4. The van der Waals surface area contributed by atoms with Gasteiger partial charge in [-0.05, 0) is 24.3 Å². The van der Waals surface area contributed by atoms with Crippen molar-refractivity contribution in [3.63, 3.8) is 0 Å². The van der Waals surface area contributed by atoms with Gasteiger partial charge in [0, 0.05) is 0 Å². The predicted molar refractivity (Wildman–Crippen MR) is 76.6 cm³/mol. The number of rotatable bonds is 5. The number of halogens is 2.